The smallest absolute Gasteiger partial charge is 0.224 e. The van der Waals surface area contributed by atoms with E-state index in [2.05, 4.69) is 17.2 Å². The summed E-state index contributed by atoms with van der Waals surface area (Å²) in [5, 5.41) is 3.53. The molecule has 154 valence electrons. The van der Waals surface area contributed by atoms with E-state index in [0.29, 0.717) is 5.92 Å². The minimum Gasteiger partial charge on any atom is -0.363 e. The minimum atomic E-state index is -3.36. The average Bonchev–Trinajstić information content (AvgIpc) is 3.47. The Balaban J connectivity index is 1.86. The quantitative estimate of drug-likeness (QED) is 0.826. The molecule has 1 saturated carbocycles. The zero-order valence-electron chi connectivity index (χ0n) is 17.2. The van der Waals surface area contributed by atoms with Crippen LogP contribution in [-0.2, 0) is 14.6 Å². The maximum atomic E-state index is 12.6. The van der Waals surface area contributed by atoms with Gasteiger partial charge in [0.2, 0.25) is 5.91 Å². The second-order valence-corrected chi connectivity index (χ2v) is 10.4. The molecule has 0 unspecified atom stereocenters. The highest BCUT2D eigenvalue weighted by atomic mass is 32.2. The van der Waals surface area contributed by atoms with Crippen molar-refractivity contribution in [2.24, 2.45) is 11.8 Å². The highest BCUT2D eigenvalue weighted by Crippen LogP contribution is 2.50. The molecule has 6 nitrogen and oxygen atoms in total. The van der Waals surface area contributed by atoms with E-state index in [1.54, 1.807) is 25.1 Å². The van der Waals surface area contributed by atoms with Crippen LogP contribution in [0.1, 0.15) is 44.0 Å². The van der Waals surface area contributed by atoms with Crippen LogP contribution in [0.15, 0.2) is 41.3 Å². The first kappa shape index (κ1) is 19.9. The van der Waals surface area contributed by atoms with Gasteiger partial charge in [0.25, 0.3) is 0 Å². The molecule has 2 aromatic rings. The number of nitrogens with one attached hydrogen (secondary N) is 1. The van der Waals surface area contributed by atoms with Gasteiger partial charge in [-0.25, -0.2) is 13.4 Å². The normalized spacial score (nSPS) is 24.1. The molecule has 0 radical (unpaired) electrons. The second-order valence-electron chi connectivity index (χ2n) is 8.36. The third-order valence-electron chi connectivity index (χ3n) is 6.02. The lowest BCUT2D eigenvalue weighted by molar-refractivity contribution is -0.117. The molecular formula is C22H27N3O3S. The van der Waals surface area contributed by atoms with Crippen LogP contribution in [0.5, 0.6) is 0 Å². The molecule has 1 aromatic carbocycles. The Hall–Kier alpha value is -2.41. The van der Waals surface area contributed by atoms with Crippen molar-refractivity contribution in [1.29, 1.82) is 0 Å². The number of benzene rings is 1. The van der Waals surface area contributed by atoms with Gasteiger partial charge in [0, 0.05) is 36.5 Å². The average molecular weight is 414 g/mol. The summed E-state index contributed by atoms with van der Waals surface area (Å²) in [6, 6.07) is 10.9. The first-order valence-corrected chi connectivity index (χ1v) is 11.9. The summed E-state index contributed by atoms with van der Waals surface area (Å²) in [6.07, 6.45) is 3.44. The molecule has 1 amide bonds. The third kappa shape index (κ3) is 3.75. The fourth-order valence-corrected chi connectivity index (χ4v) is 5.21. The van der Waals surface area contributed by atoms with Crippen molar-refractivity contribution in [3.63, 3.8) is 0 Å². The highest BCUT2D eigenvalue weighted by Gasteiger charge is 2.47. The standard InChI is InChI=1S/C22H27N3O3S/c1-13-6-5-7-20(23-13)24-21-14(2)22(16-8-9-16)25(15(3)26)19-11-10-17(12-18(19)21)29(4,27)28/h5-7,10-12,14,16,21-22H,8-9H2,1-4H3,(H,23,24)/t14-,21-,22-/m1/s1. The summed E-state index contributed by atoms with van der Waals surface area (Å²) < 4.78 is 24.4. The number of pyridine rings is 1. The molecule has 1 aliphatic heterocycles. The number of rotatable bonds is 4. The number of fused-ring (bicyclic) bond motifs is 1. The molecule has 0 bridgehead atoms. The van der Waals surface area contributed by atoms with E-state index in [1.165, 1.54) is 6.26 Å². The molecule has 0 saturated heterocycles. The van der Waals surface area contributed by atoms with Gasteiger partial charge in [-0.1, -0.05) is 13.0 Å². The molecule has 2 heterocycles. The summed E-state index contributed by atoms with van der Waals surface area (Å²) in [7, 11) is -3.36. The van der Waals surface area contributed by atoms with Crippen molar-refractivity contribution >= 4 is 27.2 Å². The van der Waals surface area contributed by atoms with Gasteiger partial charge < -0.3 is 10.2 Å². The van der Waals surface area contributed by atoms with E-state index >= 15 is 0 Å². The number of aromatic nitrogens is 1. The third-order valence-corrected chi connectivity index (χ3v) is 7.13. The van der Waals surface area contributed by atoms with Crippen LogP contribution < -0.4 is 10.2 Å². The number of anilines is 2. The van der Waals surface area contributed by atoms with Crippen LogP contribution in [0.3, 0.4) is 0 Å². The number of carbonyl (C=O) groups excluding carboxylic acids is 1. The van der Waals surface area contributed by atoms with Gasteiger partial charge in [-0.3, -0.25) is 4.79 Å². The van der Waals surface area contributed by atoms with Crippen molar-refractivity contribution in [1.82, 2.24) is 4.98 Å². The van der Waals surface area contributed by atoms with Crippen LogP contribution in [0.2, 0.25) is 0 Å². The number of sulfone groups is 1. The lowest BCUT2D eigenvalue weighted by Crippen LogP contribution is -2.51. The molecule has 3 atom stereocenters. The Morgan fingerprint density at radius 1 is 1.21 bits per heavy atom. The van der Waals surface area contributed by atoms with Crippen molar-refractivity contribution < 1.29 is 13.2 Å². The number of hydrogen-bond acceptors (Lipinski definition) is 5. The maximum Gasteiger partial charge on any atom is 0.224 e. The molecule has 1 N–H and O–H groups in total. The topological polar surface area (TPSA) is 79.4 Å². The van der Waals surface area contributed by atoms with E-state index < -0.39 is 9.84 Å². The fourth-order valence-electron chi connectivity index (χ4n) is 4.56. The summed E-state index contributed by atoms with van der Waals surface area (Å²) in [5.41, 5.74) is 2.54. The summed E-state index contributed by atoms with van der Waals surface area (Å²) in [5.74, 6) is 1.33. The predicted molar refractivity (Wildman–Crippen MR) is 114 cm³/mol. The molecular weight excluding hydrogens is 386 g/mol. The highest BCUT2D eigenvalue weighted by molar-refractivity contribution is 7.90. The van der Waals surface area contributed by atoms with E-state index in [-0.39, 0.29) is 28.8 Å². The van der Waals surface area contributed by atoms with Crippen molar-refractivity contribution in [3.05, 3.63) is 47.7 Å². The number of aryl methyl sites for hydroxylation is 1. The van der Waals surface area contributed by atoms with Crippen LogP contribution in [-0.4, -0.2) is 31.6 Å². The van der Waals surface area contributed by atoms with Crippen LogP contribution >= 0.6 is 0 Å². The Morgan fingerprint density at radius 2 is 1.93 bits per heavy atom. The Labute approximate surface area is 172 Å². The largest absolute Gasteiger partial charge is 0.363 e. The lowest BCUT2D eigenvalue weighted by atomic mass is 9.80. The number of carbonyl (C=O) groups is 1. The van der Waals surface area contributed by atoms with Crippen LogP contribution in [0.4, 0.5) is 11.5 Å². The van der Waals surface area contributed by atoms with Crippen LogP contribution in [0, 0.1) is 18.8 Å². The zero-order valence-corrected chi connectivity index (χ0v) is 18.0. The second kappa shape index (κ2) is 7.13. The summed E-state index contributed by atoms with van der Waals surface area (Å²) >= 11 is 0. The molecule has 4 rings (SSSR count). The molecule has 1 aliphatic carbocycles. The van der Waals surface area contributed by atoms with Gasteiger partial charge in [0.1, 0.15) is 5.82 Å². The molecule has 2 aliphatic rings. The Bertz CT molecular complexity index is 1060. The van der Waals surface area contributed by atoms with Crippen molar-refractivity contribution in [2.45, 2.75) is 50.6 Å². The first-order chi connectivity index (χ1) is 13.7. The molecule has 29 heavy (non-hydrogen) atoms. The first-order valence-electron chi connectivity index (χ1n) is 10.0. The van der Waals surface area contributed by atoms with Gasteiger partial charge in [0.05, 0.1) is 10.9 Å². The Morgan fingerprint density at radius 3 is 2.52 bits per heavy atom. The monoisotopic (exact) mass is 413 g/mol. The summed E-state index contributed by atoms with van der Waals surface area (Å²) in [6.45, 7) is 5.67. The molecule has 0 spiro atoms. The van der Waals surface area contributed by atoms with Gasteiger partial charge in [-0.15, -0.1) is 0 Å². The van der Waals surface area contributed by atoms with E-state index in [0.717, 1.165) is 35.6 Å². The Kier molecular flexibility index (Phi) is 4.89. The van der Waals surface area contributed by atoms with Crippen LogP contribution in [0.25, 0.3) is 0 Å². The number of hydrogen-bond donors (Lipinski definition) is 1. The fraction of sp³-hybridized carbons (Fsp3) is 0.455. The predicted octanol–water partition coefficient (Wildman–Crippen LogP) is 3.73. The van der Waals surface area contributed by atoms with Gasteiger partial charge in [-0.2, -0.15) is 0 Å². The van der Waals surface area contributed by atoms with E-state index in [9.17, 15) is 13.2 Å². The van der Waals surface area contributed by atoms with Gasteiger partial charge >= 0.3 is 0 Å². The van der Waals surface area contributed by atoms with E-state index in [1.807, 2.05) is 30.0 Å². The van der Waals surface area contributed by atoms with Gasteiger partial charge in [0.15, 0.2) is 9.84 Å². The lowest BCUT2D eigenvalue weighted by Gasteiger charge is -2.46. The van der Waals surface area contributed by atoms with Crippen molar-refractivity contribution in [2.75, 3.05) is 16.5 Å². The number of amides is 1. The SMILES string of the molecule is CC(=O)N1c2ccc(S(C)(=O)=O)cc2[C@H](Nc2cccc(C)n2)[C@@H](C)[C@@H]1C1CC1. The maximum absolute atomic E-state index is 12.6. The zero-order chi connectivity index (χ0) is 20.9. The molecule has 1 aromatic heterocycles. The van der Waals surface area contributed by atoms with Gasteiger partial charge in [-0.05, 0) is 61.6 Å². The van der Waals surface area contributed by atoms with E-state index in [4.69, 9.17) is 0 Å². The minimum absolute atomic E-state index is 0.00534. The van der Waals surface area contributed by atoms with Crippen molar-refractivity contribution in [3.8, 4) is 0 Å². The number of nitrogens with zero attached hydrogens (tertiary/aromatic N) is 2. The summed E-state index contributed by atoms with van der Waals surface area (Å²) in [4.78, 5) is 19.3. The molecule has 7 heteroatoms. The molecule has 1 fully saturated rings.